The molecule has 2 aromatic rings. The predicted octanol–water partition coefficient (Wildman–Crippen LogP) is 3.17. The molecule has 0 aliphatic carbocycles. The number of methoxy groups -OCH3 is 2. The van der Waals surface area contributed by atoms with Crippen LogP contribution in [0.4, 0.5) is 0 Å². The lowest BCUT2D eigenvalue weighted by Gasteiger charge is -2.20. The van der Waals surface area contributed by atoms with Crippen LogP contribution in [0.1, 0.15) is 12.0 Å². The van der Waals surface area contributed by atoms with Gasteiger partial charge in [-0.2, -0.15) is 10.0 Å². The van der Waals surface area contributed by atoms with E-state index in [1.165, 1.54) is 13.2 Å². The molecule has 194 valence electrons. The van der Waals surface area contributed by atoms with E-state index in [2.05, 4.69) is 10.1 Å². The van der Waals surface area contributed by atoms with Crippen molar-refractivity contribution in [1.29, 1.82) is 5.41 Å². The fourth-order valence-corrected chi connectivity index (χ4v) is 4.97. The second-order valence-electron chi connectivity index (χ2n) is 7.79. The van der Waals surface area contributed by atoms with E-state index in [1.807, 2.05) is 24.3 Å². The van der Waals surface area contributed by atoms with Crippen molar-refractivity contribution in [1.82, 2.24) is 5.01 Å². The van der Waals surface area contributed by atoms with Gasteiger partial charge in [0.2, 0.25) is 19.4 Å². The van der Waals surface area contributed by atoms with Crippen LogP contribution in [-0.4, -0.2) is 68.4 Å². The molecular formula is C24H24N4O7S2. The van der Waals surface area contributed by atoms with Gasteiger partial charge in [-0.15, -0.1) is 5.10 Å². The molecule has 4 rings (SSSR count). The molecule has 2 aromatic carbocycles. The van der Waals surface area contributed by atoms with Crippen LogP contribution in [0.5, 0.6) is 23.0 Å². The van der Waals surface area contributed by atoms with Gasteiger partial charge in [0.1, 0.15) is 11.5 Å². The minimum Gasteiger partial charge on any atom is -0.497 e. The van der Waals surface area contributed by atoms with Gasteiger partial charge in [-0.3, -0.25) is 10.2 Å². The third kappa shape index (κ3) is 6.12. The van der Waals surface area contributed by atoms with Gasteiger partial charge in [-0.25, -0.2) is 8.42 Å². The van der Waals surface area contributed by atoms with Crippen molar-refractivity contribution in [3.8, 4) is 23.0 Å². The van der Waals surface area contributed by atoms with Crippen LogP contribution in [-0.2, 0) is 14.6 Å². The first-order valence-electron chi connectivity index (χ1n) is 11.0. The van der Waals surface area contributed by atoms with Crippen molar-refractivity contribution in [3.63, 3.8) is 0 Å². The van der Waals surface area contributed by atoms with Crippen LogP contribution >= 0.6 is 11.8 Å². The van der Waals surface area contributed by atoms with Crippen LogP contribution in [0.15, 0.2) is 58.1 Å². The zero-order valence-corrected chi connectivity index (χ0v) is 21.9. The third-order valence-corrected chi connectivity index (χ3v) is 7.70. The molecule has 0 spiro atoms. The smallest absolute Gasteiger partial charge is 0.283 e. The normalized spacial score (nSPS) is 16.3. The van der Waals surface area contributed by atoms with Crippen molar-refractivity contribution >= 4 is 49.0 Å². The van der Waals surface area contributed by atoms with E-state index in [0.29, 0.717) is 36.7 Å². The Kier molecular flexibility index (Phi) is 7.83. The first kappa shape index (κ1) is 26.2. The van der Waals surface area contributed by atoms with Gasteiger partial charge in [0.05, 0.1) is 33.0 Å². The van der Waals surface area contributed by atoms with Gasteiger partial charge >= 0.3 is 0 Å². The lowest BCUT2D eigenvalue weighted by atomic mass is 10.1. The molecule has 0 saturated carbocycles. The van der Waals surface area contributed by atoms with E-state index in [9.17, 15) is 13.2 Å². The Balaban J connectivity index is 1.39. The van der Waals surface area contributed by atoms with E-state index in [0.717, 1.165) is 34.5 Å². The summed E-state index contributed by atoms with van der Waals surface area (Å²) >= 11 is 0.735. The van der Waals surface area contributed by atoms with Crippen LogP contribution in [0, 0.1) is 5.41 Å². The molecule has 13 heteroatoms. The Hall–Kier alpha value is -3.84. The predicted molar refractivity (Wildman–Crippen MR) is 141 cm³/mol. The van der Waals surface area contributed by atoms with E-state index in [1.54, 1.807) is 25.3 Å². The van der Waals surface area contributed by atoms with Crippen molar-refractivity contribution in [2.45, 2.75) is 6.42 Å². The van der Waals surface area contributed by atoms with E-state index in [4.69, 9.17) is 24.4 Å². The highest BCUT2D eigenvalue weighted by Crippen LogP contribution is 2.32. The molecule has 0 fully saturated rings. The number of carbonyl (C=O) groups excluding carboxylic acids is 1. The summed E-state index contributed by atoms with van der Waals surface area (Å²) in [7, 11) is -0.494. The minimum atomic E-state index is -3.60. The van der Waals surface area contributed by atoms with Gasteiger partial charge in [0.25, 0.3) is 5.91 Å². The van der Waals surface area contributed by atoms with Gasteiger partial charge in [0.15, 0.2) is 17.3 Å². The number of nitrogens with zero attached hydrogens (tertiary/aromatic N) is 3. The summed E-state index contributed by atoms with van der Waals surface area (Å²) in [5, 5.41) is 13.4. The molecule has 0 atom stereocenters. The summed E-state index contributed by atoms with van der Waals surface area (Å²) in [6.45, 7) is 0.852. The Morgan fingerprint density at radius 1 is 1.00 bits per heavy atom. The number of amidine groups is 2. The largest absolute Gasteiger partial charge is 0.497 e. The number of fused-ring (bicyclic) bond motifs is 1. The maximum absolute atomic E-state index is 12.6. The minimum absolute atomic E-state index is 0.0323. The number of ether oxygens (including phenoxy) is 4. The zero-order valence-electron chi connectivity index (χ0n) is 20.3. The Morgan fingerprint density at radius 2 is 1.70 bits per heavy atom. The number of hydrogen-bond donors (Lipinski definition) is 1. The standard InChI is InChI=1S/C24H24N4O7S2/c1-32-16-6-8-17(9-7-16)34-11-4-12-35-19-10-5-15(14-20(19)33-2)13-18-21(25)28-23(26-22(18)29)36-24(27-28)37(3,30)31/h5-10,13-14,25H,4,11-12H2,1-3H3. The van der Waals surface area contributed by atoms with Gasteiger partial charge < -0.3 is 18.9 Å². The number of thioether (sulfide) groups is 1. The number of hydrogen-bond acceptors (Lipinski definition) is 10. The first-order valence-corrected chi connectivity index (χ1v) is 13.7. The second-order valence-corrected chi connectivity index (χ2v) is 10.9. The van der Waals surface area contributed by atoms with Crippen LogP contribution in [0.25, 0.3) is 6.08 Å². The molecular weight excluding hydrogens is 520 g/mol. The lowest BCUT2D eigenvalue weighted by Crippen LogP contribution is -2.35. The average molecular weight is 545 g/mol. The molecule has 2 heterocycles. The van der Waals surface area contributed by atoms with Gasteiger partial charge in [-0.05, 0) is 59.8 Å². The highest BCUT2D eigenvalue weighted by atomic mass is 32.3. The first-order chi connectivity index (χ1) is 17.7. The molecule has 0 saturated heterocycles. The molecule has 37 heavy (non-hydrogen) atoms. The fourth-order valence-electron chi connectivity index (χ4n) is 3.29. The van der Waals surface area contributed by atoms with Crippen molar-refractivity contribution < 1.29 is 32.2 Å². The van der Waals surface area contributed by atoms with Gasteiger partial charge in [-0.1, -0.05) is 6.07 Å². The maximum atomic E-state index is 12.6. The molecule has 1 amide bonds. The van der Waals surface area contributed by atoms with E-state index in [-0.39, 0.29) is 21.0 Å². The summed E-state index contributed by atoms with van der Waals surface area (Å²) in [6.07, 6.45) is 3.11. The topological polar surface area (TPSA) is 140 Å². The molecule has 0 bridgehead atoms. The van der Waals surface area contributed by atoms with Crippen LogP contribution in [0.3, 0.4) is 0 Å². The molecule has 0 aromatic heterocycles. The highest BCUT2D eigenvalue weighted by Gasteiger charge is 2.38. The molecule has 2 aliphatic heterocycles. The quantitative estimate of drug-likeness (QED) is 0.372. The lowest BCUT2D eigenvalue weighted by molar-refractivity contribution is -0.114. The number of aliphatic imine (C=N–C) groups is 1. The summed E-state index contributed by atoms with van der Waals surface area (Å²) in [6, 6.07) is 12.4. The van der Waals surface area contributed by atoms with Crippen LogP contribution in [0.2, 0.25) is 0 Å². The van der Waals surface area contributed by atoms with Crippen molar-refractivity contribution in [2.75, 3.05) is 33.7 Å². The zero-order chi connectivity index (χ0) is 26.6. The Labute approximate surface area is 218 Å². The third-order valence-electron chi connectivity index (χ3n) is 5.13. The summed E-state index contributed by atoms with van der Waals surface area (Å²) in [5.41, 5.74) is 0.534. The monoisotopic (exact) mass is 544 g/mol. The second kappa shape index (κ2) is 11.0. The van der Waals surface area contributed by atoms with Crippen LogP contribution < -0.4 is 18.9 Å². The molecule has 2 aliphatic rings. The number of benzene rings is 2. The fraction of sp³-hybridized carbons (Fsp3) is 0.250. The molecule has 0 unspecified atom stereocenters. The Bertz CT molecular complexity index is 1420. The number of amides is 1. The molecule has 11 nitrogen and oxygen atoms in total. The number of sulfone groups is 1. The molecule has 0 radical (unpaired) electrons. The number of carbonyl (C=O) groups is 1. The van der Waals surface area contributed by atoms with Gasteiger partial charge in [0, 0.05) is 12.7 Å². The highest BCUT2D eigenvalue weighted by molar-refractivity contribution is 8.42. The maximum Gasteiger partial charge on any atom is 0.283 e. The van der Waals surface area contributed by atoms with Crippen molar-refractivity contribution in [3.05, 3.63) is 53.6 Å². The number of hydrazone groups is 1. The van der Waals surface area contributed by atoms with Crippen molar-refractivity contribution in [2.24, 2.45) is 10.1 Å². The van der Waals surface area contributed by atoms with E-state index >= 15 is 0 Å². The Morgan fingerprint density at radius 3 is 2.38 bits per heavy atom. The summed E-state index contributed by atoms with van der Waals surface area (Å²) < 4.78 is 45.5. The number of nitrogens with one attached hydrogen (secondary N) is 1. The number of rotatable bonds is 9. The SMILES string of the molecule is COc1ccc(OCCCOc2ccc(C=C3C(=N)N4N=C(S(C)(=O)=O)SC4=NC3=O)cc2OC)cc1. The molecule has 1 N–H and O–H groups in total. The summed E-state index contributed by atoms with van der Waals surface area (Å²) in [5.74, 6) is 1.52. The average Bonchev–Trinajstić information content (AvgIpc) is 3.32. The summed E-state index contributed by atoms with van der Waals surface area (Å²) in [4.78, 5) is 16.4. The van der Waals surface area contributed by atoms with E-state index < -0.39 is 15.7 Å².